The molecule has 2 unspecified atom stereocenters. The van der Waals surface area contributed by atoms with Crippen molar-refractivity contribution in [1.29, 1.82) is 0 Å². The van der Waals surface area contributed by atoms with E-state index >= 15 is 0 Å². The van der Waals surface area contributed by atoms with E-state index in [4.69, 9.17) is 5.73 Å². The normalized spacial score (nSPS) is 16.8. The van der Waals surface area contributed by atoms with E-state index < -0.39 is 11.2 Å². The van der Waals surface area contributed by atoms with Gasteiger partial charge in [-0.2, -0.15) is 0 Å². The van der Waals surface area contributed by atoms with E-state index in [2.05, 4.69) is 6.92 Å². The van der Waals surface area contributed by atoms with Crippen LogP contribution in [0.5, 0.6) is 0 Å². The smallest absolute Gasteiger partial charge is 0.116 e. The van der Waals surface area contributed by atoms with Gasteiger partial charge in [-0.3, -0.25) is 0 Å². The molecule has 2 N–H and O–H groups in total. The van der Waals surface area contributed by atoms with Crippen LogP contribution in [0.25, 0.3) is 0 Å². The molecule has 0 saturated heterocycles. The molecule has 0 aromatic heterocycles. The molecule has 0 saturated carbocycles. The van der Waals surface area contributed by atoms with Gasteiger partial charge < -0.3 is 10.3 Å². The second kappa shape index (κ2) is 6.01. The molecule has 62 valence electrons. The van der Waals surface area contributed by atoms with Crippen molar-refractivity contribution >= 4 is 11.2 Å². The average molecular weight is 163 g/mol. The van der Waals surface area contributed by atoms with Gasteiger partial charge >= 0.3 is 0 Å². The summed E-state index contributed by atoms with van der Waals surface area (Å²) in [5.41, 5.74) is 5.36. The number of hydrogen-bond donors (Lipinski definition) is 1. The number of nitrogens with two attached hydrogens (primary N) is 1. The summed E-state index contributed by atoms with van der Waals surface area (Å²) < 4.78 is 11.0. The minimum Gasteiger partial charge on any atom is -0.616 e. The fourth-order valence-corrected chi connectivity index (χ4v) is 2.02. The van der Waals surface area contributed by atoms with E-state index in [1.165, 1.54) is 0 Å². The van der Waals surface area contributed by atoms with Gasteiger partial charge in [0.1, 0.15) is 5.25 Å². The van der Waals surface area contributed by atoms with Crippen molar-refractivity contribution in [3.8, 4) is 0 Å². The Bertz CT molecular complexity index is 72.0. The SMILES string of the molecule is CCCC(CCN)[S+](C)[O-]. The molecule has 0 fully saturated rings. The maximum atomic E-state index is 11.0. The van der Waals surface area contributed by atoms with Crippen molar-refractivity contribution in [3.05, 3.63) is 0 Å². The molecule has 0 aliphatic heterocycles. The highest BCUT2D eigenvalue weighted by Gasteiger charge is 2.14. The Balaban J connectivity index is 3.50. The summed E-state index contributed by atoms with van der Waals surface area (Å²) in [7, 11) is 0. The lowest BCUT2D eigenvalue weighted by molar-refractivity contribution is 0.564. The second-order valence-electron chi connectivity index (χ2n) is 2.49. The maximum absolute atomic E-state index is 11.0. The molecule has 0 aliphatic carbocycles. The van der Waals surface area contributed by atoms with Crippen LogP contribution >= 0.6 is 0 Å². The summed E-state index contributed by atoms with van der Waals surface area (Å²) >= 11 is -0.683. The molecule has 0 aromatic carbocycles. The molecule has 0 spiro atoms. The van der Waals surface area contributed by atoms with E-state index in [9.17, 15) is 4.55 Å². The fourth-order valence-electron chi connectivity index (χ4n) is 0.984. The first-order valence-electron chi connectivity index (χ1n) is 3.74. The molecule has 10 heavy (non-hydrogen) atoms. The third-order valence-corrected chi connectivity index (χ3v) is 2.98. The monoisotopic (exact) mass is 163 g/mol. The lowest BCUT2D eigenvalue weighted by Gasteiger charge is -2.16. The van der Waals surface area contributed by atoms with Crippen molar-refractivity contribution in [2.75, 3.05) is 12.8 Å². The molecular weight excluding hydrogens is 146 g/mol. The maximum Gasteiger partial charge on any atom is 0.116 e. The minimum absolute atomic E-state index is 0.329. The molecule has 0 heterocycles. The molecule has 0 aliphatic rings. The fraction of sp³-hybridized carbons (Fsp3) is 1.00. The van der Waals surface area contributed by atoms with Gasteiger partial charge in [-0.1, -0.05) is 24.5 Å². The summed E-state index contributed by atoms with van der Waals surface area (Å²) in [6.07, 6.45) is 4.80. The first-order chi connectivity index (χ1) is 4.72. The van der Waals surface area contributed by atoms with Gasteiger partial charge in [0.25, 0.3) is 0 Å². The minimum atomic E-state index is -0.683. The van der Waals surface area contributed by atoms with Crippen molar-refractivity contribution < 1.29 is 4.55 Å². The average Bonchev–Trinajstić information content (AvgIpc) is 1.87. The van der Waals surface area contributed by atoms with Crippen LogP contribution in [-0.4, -0.2) is 22.6 Å². The number of rotatable bonds is 5. The Morgan fingerprint density at radius 3 is 2.40 bits per heavy atom. The van der Waals surface area contributed by atoms with Gasteiger partial charge in [-0.15, -0.1) is 0 Å². The highest BCUT2D eigenvalue weighted by molar-refractivity contribution is 7.91. The van der Waals surface area contributed by atoms with Crippen LogP contribution in [-0.2, 0) is 11.2 Å². The van der Waals surface area contributed by atoms with E-state index in [0.29, 0.717) is 11.8 Å². The summed E-state index contributed by atoms with van der Waals surface area (Å²) in [6, 6.07) is 0. The predicted octanol–water partition coefficient (Wildman–Crippen LogP) is 0.882. The largest absolute Gasteiger partial charge is 0.616 e. The van der Waals surface area contributed by atoms with Crippen LogP contribution in [0.4, 0.5) is 0 Å². The Kier molecular flexibility index (Phi) is 6.17. The van der Waals surface area contributed by atoms with Crippen molar-refractivity contribution in [2.24, 2.45) is 5.73 Å². The third kappa shape index (κ3) is 4.14. The van der Waals surface area contributed by atoms with E-state index in [1.54, 1.807) is 6.26 Å². The van der Waals surface area contributed by atoms with Gasteiger partial charge in [0, 0.05) is 6.42 Å². The zero-order valence-corrected chi connectivity index (χ0v) is 7.62. The van der Waals surface area contributed by atoms with Gasteiger partial charge in [0.15, 0.2) is 0 Å². The van der Waals surface area contributed by atoms with Crippen LogP contribution in [0.1, 0.15) is 26.2 Å². The molecule has 2 nitrogen and oxygen atoms in total. The quantitative estimate of drug-likeness (QED) is 0.612. The molecule has 0 bridgehead atoms. The standard InChI is InChI=1S/C7H17NOS/c1-3-4-7(5-6-8)10(2)9/h7H,3-6,8H2,1-2H3. The molecular formula is C7H17NOS. The van der Waals surface area contributed by atoms with Crippen LogP contribution in [0.15, 0.2) is 0 Å². The first kappa shape index (κ1) is 10.3. The van der Waals surface area contributed by atoms with Gasteiger partial charge in [-0.25, -0.2) is 0 Å². The topological polar surface area (TPSA) is 49.1 Å². The zero-order valence-electron chi connectivity index (χ0n) is 6.80. The Labute approximate surface area is 66.4 Å². The van der Waals surface area contributed by atoms with E-state index in [0.717, 1.165) is 19.3 Å². The number of hydrogen-bond acceptors (Lipinski definition) is 2. The predicted molar refractivity (Wildman–Crippen MR) is 46.4 cm³/mol. The Hall–Kier alpha value is 0.270. The summed E-state index contributed by atoms with van der Waals surface area (Å²) in [5, 5.41) is 0.329. The Morgan fingerprint density at radius 2 is 2.10 bits per heavy atom. The van der Waals surface area contributed by atoms with Crippen LogP contribution in [0.3, 0.4) is 0 Å². The van der Waals surface area contributed by atoms with E-state index in [1.807, 2.05) is 0 Å². The van der Waals surface area contributed by atoms with Crippen LogP contribution < -0.4 is 5.73 Å². The summed E-state index contributed by atoms with van der Waals surface area (Å²) in [6.45, 7) is 2.76. The van der Waals surface area contributed by atoms with Crippen molar-refractivity contribution in [2.45, 2.75) is 31.4 Å². The molecule has 3 heteroatoms. The third-order valence-electron chi connectivity index (χ3n) is 1.57. The lowest BCUT2D eigenvalue weighted by Crippen LogP contribution is -2.23. The summed E-state index contributed by atoms with van der Waals surface area (Å²) in [5.74, 6) is 0. The molecule has 0 aromatic rings. The highest BCUT2D eigenvalue weighted by Crippen LogP contribution is 2.10. The summed E-state index contributed by atoms with van der Waals surface area (Å²) in [4.78, 5) is 0. The van der Waals surface area contributed by atoms with Gasteiger partial charge in [0.2, 0.25) is 0 Å². The van der Waals surface area contributed by atoms with Gasteiger partial charge in [-0.05, 0) is 13.0 Å². The molecule has 0 rings (SSSR count). The highest BCUT2D eigenvalue weighted by atomic mass is 32.2. The van der Waals surface area contributed by atoms with Crippen LogP contribution in [0, 0.1) is 0 Å². The van der Waals surface area contributed by atoms with Crippen molar-refractivity contribution in [1.82, 2.24) is 0 Å². The lowest BCUT2D eigenvalue weighted by atomic mass is 10.2. The van der Waals surface area contributed by atoms with Crippen molar-refractivity contribution in [3.63, 3.8) is 0 Å². The van der Waals surface area contributed by atoms with E-state index in [-0.39, 0.29) is 0 Å². The van der Waals surface area contributed by atoms with Gasteiger partial charge in [0.05, 0.1) is 6.26 Å². The molecule has 2 atom stereocenters. The zero-order chi connectivity index (χ0) is 7.98. The first-order valence-corrected chi connectivity index (χ1v) is 5.36. The molecule has 0 radical (unpaired) electrons. The molecule has 0 amide bonds. The second-order valence-corrected chi connectivity index (χ2v) is 4.15. The van der Waals surface area contributed by atoms with Crippen LogP contribution in [0.2, 0.25) is 0 Å². The Morgan fingerprint density at radius 1 is 1.50 bits per heavy atom.